The Labute approximate surface area is 619 Å². The summed E-state index contributed by atoms with van der Waals surface area (Å²) in [6.45, 7) is 4.71. The number of esters is 4. The van der Waals surface area contributed by atoms with Crippen molar-refractivity contribution in [3.8, 4) is 0 Å². The van der Waals surface area contributed by atoms with Crippen molar-refractivity contribution in [3.05, 3.63) is 109 Å². The maximum atomic E-state index is 13.1. The number of carbonyl (C=O) groups is 4. The van der Waals surface area contributed by atoms with Gasteiger partial charge < -0.3 is 33.8 Å². The first-order chi connectivity index (χ1) is 49.7. The number of aliphatic hydroxyl groups is 1. The van der Waals surface area contributed by atoms with E-state index in [2.05, 4.69) is 125 Å². The molecule has 0 spiro atoms. The zero-order valence-electron chi connectivity index (χ0n) is 64.3. The number of phosphoric ester groups is 2. The van der Waals surface area contributed by atoms with Crippen LogP contribution in [0.25, 0.3) is 0 Å². The second-order valence-corrected chi connectivity index (χ2v) is 29.5. The molecule has 588 valence electrons. The van der Waals surface area contributed by atoms with Crippen LogP contribution < -0.4 is 0 Å². The predicted octanol–water partition coefficient (Wildman–Crippen LogP) is 23.3. The molecule has 0 aromatic heterocycles. The quantitative estimate of drug-likeness (QED) is 0.0169. The van der Waals surface area contributed by atoms with E-state index < -0.39 is 97.5 Å². The molecule has 5 atom stereocenters. The predicted molar refractivity (Wildman–Crippen MR) is 418 cm³/mol. The molecule has 0 aromatic rings. The van der Waals surface area contributed by atoms with Crippen LogP contribution in [0.3, 0.4) is 0 Å². The van der Waals surface area contributed by atoms with Crippen LogP contribution in [0, 0.1) is 0 Å². The Hall–Kier alpha value is -4.28. The van der Waals surface area contributed by atoms with E-state index in [0.717, 1.165) is 154 Å². The number of rotatable bonds is 75. The van der Waals surface area contributed by atoms with E-state index in [0.29, 0.717) is 32.1 Å². The van der Waals surface area contributed by atoms with Gasteiger partial charge in [-0.15, -0.1) is 0 Å². The highest BCUT2D eigenvalue weighted by molar-refractivity contribution is 7.47. The zero-order chi connectivity index (χ0) is 74.6. The normalized spacial score (nSPS) is 14.5. The summed E-state index contributed by atoms with van der Waals surface area (Å²) in [5.74, 6) is -2.27. The fourth-order valence-corrected chi connectivity index (χ4v) is 12.1. The summed E-state index contributed by atoms with van der Waals surface area (Å²) in [5.41, 5.74) is 0. The second-order valence-electron chi connectivity index (χ2n) is 26.6. The van der Waals surface area contributed by atoms with Gasteiger partial charge in [0.2, 0.25) is 0 Å². The number of ether oxygens (including phenoxy) is 4. The van der Waals surface area contributed by atoms with Crippen LogP contribution in [0.2, 0.25) is 0 Å². The summed E-state index contributed by atoms with van der Waals surface area (Å²) in [4.78, 5) is 73.0. The summed E-state index contributed by atoms with van der Waals surface area (Å²) in [6.07, 6.45) is 80.7. The number of carbonyl (C=O) groups excluding carboxylic acids is 4. The number of hydrogen-bond acceptors (Lipinski definition) is 15. The van der Waals surface area contributed by atoms with Crippen molar-refractivity contribution in [2.45, 2.75) is 354 Å². The molecule has 0 radical (unpaired) electrons. The molecule has 0 aliphatic carbocycles. The van der Waals surface area contributed by atoms with Crippen molar-refractivity contribution in [2.75, 3.05) is 39.6 Å². The van der Waals surface area contributed by atoms with E-state index in [9.17, 15) is 43.2 Å². The fraction of sp³-hybridized carbons (Fsp3) is 0.735. The van der Waals surface area contributed by atoms with Crippen LogP contribution in [0.5, 0.6) is 0 Å². The van der Waals surface area contributed by atoms with E-state index in [1.165, 1.54) is 96.3 Å². The van der Waals surface area contributed by atoms with Crippen LogP contribution in [0.1, 0.15) is 336 Å². The van der Waals surface area contributed by atoms with Gasteiger partial charge in [0.25, 0.3) is 0 Å². The Kier molecular flexibility index (Phi) is 71.8. The molecule has 0 amide bonds. The lowest BCUT2D eigenvalue weighted by molar-refractivity contribution is -0.161. The highest BCUT2D eigenvalue weighted by Gasteiger charge is 2.30. The number of hydrogen-bond donors (Lipinski definition) is 3. The Morgan fingerprint density at radius 3 is 0.804 bits per heavy atom. The third-order valence-electron chi connectivity index (χ3n) is 16.7. The first-order valence-electron chi connectivity index (χ1n) is 40.1. The monoisotopic (exact) mass is 1470 g/mol. The Balaban J connectivity index is 5.44. The summed E-state index contributed by atoms with van der Waals surface area (Å²) in [7, 11) is -9.98. The van der Waals surface area contributed by atoms with Gasteiger partial charge in [0.1, 0.15) is 19.3 Å². The third-order valence-corrected chi connectivity index (χ3v) is 18.6. The number of aliphatic hydroxyl groups excluding tert-OH is 1. The van der Waals surface area contributed by atoms with Gasteiger partial charge in [-0.25, -0.2) is 9.13 Å². The molecule has 0 aromatic carbocycles. The maximum absolute atomic E-state index is 13.1. The maximum Gasteiger partial charge on any atom is 0.472 e. The van der Waals surface area contributed by atoms with Gasteiger partial charge in [-0.1, -0.05) is 265 Å². The largest absolute Gasteiger partial charge is 0.472 e. The molecule has 19 heteroatoms. The molecule has 17 nitrogen and oxygen atoms in total. The number of phosphoric acid groups is 2. The van der Waals surface area contributed by atoms with Crippen molar-refractivity contribution in [1.29, 1.82) is 0 Å². The Bertz CT molecular complexity index is 2360. The van der Waals surface area contributed by atoms with Gasteiger partial charge in [0, 0.05) is 25.7 Å². The molecule has 0 fully saturated rings. The van der Waals surface area contributed by atoms with Crippen LogP contribution in [0.4, 0.5) is 0 Å². The summed E-state index contributed by atoms with van der Waals surface area (Å²) >= 11 is 0. The van der Waals surface area contributed by atoms with Crippen LogP contribution in [-0.4, -0.2) is 96.7 Å². The molecule has 0 saturated carbocycles. The van der Waals surface area contributed by atoms with Crippen LogP contribution >= 0.6 is 15.6 Å². The topological polar surface area (TPSA) is 237 Å². The van der Waals surface area contributed by atoms with Gasteiger partial charge in [-0.2, -0.15) is 0 Å². The van der Waals surface area contributed by atoms with Crippen molar-refractivity contribution in [3.63, 3.8) is 0 Å². The smallest absolute Gasteiger partial charge is 0.462 e. The SMILES string of the molecule is CCCCC/C=C\C/C=C\C/C=C\C/C=C\CCCC(=O)O[C@H](COC(=O)CCCCCCC/C=C\C/C=C\CCCCC)COP(=O)(O)OC[C@H](O)COP(=O)(O)OC[C@@H](COC(=O)CCCCCCC/C=C\CCCCCCCC)OC(=O)CCCCCCC/C=C\C/C=C\CCCCC. The van der Waals surface area contributed by atoms with Crippen LogP contribution in [-0.2, 0) is 65.4 Å². The number of allylic oxidation sites excluding steroid dienone is 18. The van der Waals surface area contributed by atoms with Crippen molar-refractivity contribution in [2.24, 2.45) is 0 Å². The van der Waals surface area contributed by atoms with Crippen molar-refractivity contribution < 1.29 is 80.2 Å². The van der Waals surface area contributed by atoms with E-state index in [1.54, 1.807) is 0 Å². The molecule has 0 aliphatic heterocycles. The minimum Gasteiger partial charge on any atom is -0.462 e. The average molecular weight is 1480 g/mol. The molecule has 0 bridgehead atoms. The lowest BCUT2D eigenvalue weighted by Crippen LogP contribution is -2.30. The minimum absolute atomic E-state index is 0.0147. The highest BCUT2D eigenvalue weighted by Crippen LogP contribution is 2.45. The van der Waals surface area contributed by atoms with Gasteiger partial charge in [0.15, 0.2) is 12.2 Å². The van der Waals surface area contributed by atoms with E-state index in [-0.39, 0.29) is 25.7 Å². The molecule has 102 heavy (non-hydrogen) atoms. The molecular formula is C83H144O17P2. The minimum atomic E-state index is -5.00. The van der Waals surface area contributed by atoms with E-state index in [1.807, 2.05) is 12.2 Å². The van der Waals surface area contributed by atoms with Gasteiger partial charge >= 0.3 is 39.5 Å². The van der Waals surface area contributed by atoms with E-state index in [4.69, 9.17) is 37.0 Å². The van der Waals surface area contributed by atoms with Gasteiger partial charge in [-0.05, 0) is 154 Å². The molecule has 0 heterocycles. The number of unbranched alkanes of at least 4 members (excludes halogenated alkanes) is 31. The van der Waals surface area contributed by atoms with Gasteiger partial charge in [-0.3, -0.25) is 37.3 Å². The molecule has 3 N–H and O–H groups in total. The lowest BCUT2D eigenvalue weighted by Gasteiger charge is -2.21. The summed E-state index contributed by atoms with van der Waals surface area (Å²) in [6, 6.07) is 0. The second kappa shape index (κ2) is 75.0. The van der Waals surface area contributed by atoms with Gasteiger partial charge in [0.05, 0.1) is 26.4 Å². The summed E-state index contributed by atoms with van der Waals surface area (Å²) < 4.78 is 68.5. The summed E-state index contributed by atoms with van der Waals surface area (Å²) in [5, 5.41) is 10.6. The van der Waals surface area contributed by atoms with Crippen molar-refractivity contribution >= 4 is 39.5 Å². The Morgan fingerprint density at radius 1 is 0.275 bits per heavy atom. The first kappa shape index (κ1) is 97.7. The highest BCUT2D eigenvalue weighted by atomic mass is 31.2. The van der Waals surface area contributed by atoms with E-state index >= 15 is 0 Å². The standard InChI is InChI=1S/C83H144O17P2/c1-5-9-13-17-21-25-29-33-37-38-42-46-50-54-58-62-66-70-83(88)100-79(74-94-81(86)68-64-60-56-52-48-44-40-35-31-27-23-19-15-11-7-3)76-98-102(91,92)96-72-77(84)71-95-101(89,90)97-75-78(99-82(87)69-65-61-57-53-49-45-41-36-32-28-24-20-16-12-8-4)73-93-80(85)67-63-59-55-51-47-43-39-34-30-26-22-18-14-10-6-2/h21,23-25,27-28,33-37,39-42,46,54,58,77-79,84H,5-20,22,26,29-32,38,43-45,47-53,55-57,59-76H2,1-4H3,(H,89,90)(H,91,92)/b25-21-,27-23-,28-24-,37-33-,39-34-,40-35-,41-36-,46-42-,58-54-/t77-,78-,79-/m1/s1. The van der Waals surface area contributed by atoms with Crippen molar-refractivity contribution in [1.82, 2.24) is 0 Å². The molecule has 2 unspecified atom stereocenters. The molecule has 0 rings (SSSR count). The Morgan fingerprint density at radius 2 is 0.490 bits per heavy atom. The average Bonchev–Trinajstić information content (AvgIpc) is 0.917. The zero-order valence-corrected chi connectivity index (χ0v) is 66.0. The van der Waals surface area contributed by atoms with Crippen LogP contribution in [0.15, 0.2) is 109 Å². The molecular weight excluding hydrogens is 1330 g/mol. The third kappa shape index (κ3) is 74.0. The molecule has 0 saturated heterocycles. The first-order valence-corrected chi connectivity index (χ1v) is 43.1. The lowest BCUT2D eigenvalue weighted by atomic mass is 10.1. The molecule has 0 aliphatic rings. The fourth-order valence-electron chi connectivity index (χ4n) is 10.5.